The maximum atomic E-state index is 7.33. The lowest BCUT2D eigenvalue weighted by molar-refractivity contribution is -0.573. The van der Waals surface area contributed by atoms with E-state index in [1.54, 1.807) is 0 Å². The molecule has 9 rings (SSSR count). The van der Waals surface area contributed by atoms with Crippen molar-refractivity contribution < 1.29 is 14.5 Å². The van der Waals surface area contributed by atoms with Crippen molar-refractivity contribution in [2.45, 2.75) is 137 Å². The van der Waals surface area contributed by atoms with Gasteiger partial charge in [0.1, 0.15) is 0 Å². The molecule has 0 bridgehead atoms. The second kappa shape index (κ2) is 19.9. The molecule has 6 aromatic rings. The molecule has 3 aromatic carbocycles. The highest BCUT2D eigenvalue weighted by molar-refractivity contribution is 5.69. The highest BCUT2D eigenvalue weighted by Gasteiger charge is 2.40. The van der Waals surface area contributed by atoms with Crippen LogP contribution in [0.4, 0.5) is 0 Å². The standard InChI is InChI=1S/C60H75N7O3/c1-58(2,3)68-64(40-46-28-13-19-31-49(46)55-37-43-25-16-22-34-52(43)61(55)10)67(65(69-59(4,5)6)41-47-29-14-20-32-50(47)56-38-44-26-17-23-35-53(44)62(56)11)66(70-60(7,8)9)42-48-30-15-21-33-51(48)57-39-45-27-18-24-36-54(45)63(57)12/h13-24,28-33,37-39H,25-27,34-36,40-42H2,1-12H3. The smallest absolute Gasteiger partial charge is 0.0833 e. The van der Waals surface area contributed by atoms with E-state index in [-0.39, 0.29) is 0 Å². The van der Waals surface area contributed by atoms with Crippen molar-refractivity contribution in [3.05, 3.63) is 178 Å². The second-order valence-electron chi connectivity index (χ2n) is 22.2. The number of hydrazine groups is 3. The maximum absolute atomic E-state index is 7.33. The second-order valence-corrected chi connectivity index (χ2v) is 22.2. The molecule has 3 aromatic heterocycles. The van der Waals surface area contributed by atoms with Gasteiger partial charge in [0.2, 0.25) is 0 Å². The van der Waals surface area contributed by atoms with Gasteiger partial charge in [0.25, 0.3) is 0 Å². The van der Waals surface area contributed by atoms with E-state index in [9.17, 15) is 0 Å². The molecule has 0 amide bonds. The van der Waals surface area contributed by atoms with Crippen LogP contribution in [-0.4, -0.2) is 51.2 Å². The van der Waals surface area contributed by atoms with Gasteiger partial charge < -0.3 is 13.7 Å². The molecule has 0 fully saturated rings. The van der Waals surface area contributed by atoms with Gasteiger partial charge in [-0.1, -0.05) is 125 Å². The lowest BCUT2D eigenvalue weighted by Crippen LogP contribution is -2.63. The van der Waals surface area contributed by atoms with Gasteiger partial charge in [-0.2, -0.15) is 0 Å². The monoisotopic (exact) mass is 942 g/mol. The summed E-state index contributed by atoms with van der Waals surface area (Å²) in [7, 11) is 6.60. The molecular weight excluding hydrogens is 867 g/mol. The number of rotatable bonds is 15. The first-order valence-electron chi connectivity index (χ1n) is 25.2. The Bertz CT molecular complexity index is 2610. The van der Waals surface area contributed by atoms with Crippen LogP contribution in [0.3, 0.4) is 0 Å². The summed E-state index contributed by atoms with van der Waals surface area (Å²) >= 11 is 0. The minimum atomic E-state index is -0.647. The number of hydrogen-bond donors (Lipinski definition) is 0. The third kappa shape index (κ3) is 10.8. The number of hydroxylamine groups is 3. The summed E-state index contributed by atoms with van der Waals surface area (Å²) in [6, 6.07) is 33.3. The molecule has 0 radical (unpaired) electrons. The van der Waals surface area contributed by atoms with Crippen molar-refractivity contribution in [3.63, 3.8) is 0 Å². The molecule has 10 heteroatoms. The van der Waals surface area contributed by atoms with E-state index in [1.807, 2.05) is 20.7 Å². The number of nitrogens with zero attached hydrogens (tertiary/aromatic N) is 7. The molecule has 70 heavy (non-hydrogen) atoms. The molecule has 10 nitrogen and oxygen atoms in total. The molecule has 0 saturated heterocycles. The number of allylic oxidation sites excluding steroid dienone is 6. The number of hydrogen-bond acceptors (Lipinski definition) is 7. The summed E-state index contributed by atoms with van der Waals surface area (Å²) in [6.45, 7) is 20.0. The fourth-order valence-electron chi connectivity index (χ4n) is 10.3. The molecule has 0 atom stereocenters. The Hall–Kier alpha value is -5.56. The lowest BCUT2D eigenvalue weighted by atomic mass is 10.0. The zero-order valence-corrected chi connectivity index (χ0v) is 43.8. The minimum absolute atomic E-state index is 0.355. The van der Waals surface area contributed by atoms with Gasteiger partial charge in [-0.25, -0.2) is 0 Å². The van der Waals surface area contributed by atoms with E-state index < -0.39 is 16.8 Å². The Morgan fingerprint density at radius 3 is 0.900 bits per heavy atom. The highest BCUT2D eigenvalue weighted by atomic mass is 16.9. The Kier molecular flexibility index (Phi) is 14.1. The molecule has 0 N–H and O–H groups in total. The summed E-state index contributed by atoms with van der Waals surface area (Å²) in [5.74, 6) is 0. The van der Waals surface area contributed by atoms with Crippen molar-refractivity contribution in [2.24, 2.45) is 21.1 Å². The first-order valence-corrected chi connectivity index (χ1v) is 25.2. The average Bonchev–Trinajstić information content (AvgIpc) is 3.95. The van der Waals surface area contributed by atoms with Gasteiger partial charge >= 0.3 is 0 Å². The number of aromatic nitrogens is 3. The molecule has 0 unspecified atom stereocenters. The van der Waals surface area contributed by atoms with E-state index in [1.165, 1.54) is 50.9 Å². The predicted molar refractivity (Wildman–Crippen MR) is 283 cm³/mol. The highest BCUT2D eigenvalue weighted by Crippen LogP contribution is 2.38. The fraction of sp³-hybridized carbons (Fsp3) is 0.400. The van der Waals surface area contributed by atoms with Crippen molar-refractivity contribution in [2.75, 3.05) is 0 Å². The zero-order chi connectivity index (χ0) is 49.5. The third-order valence-corrected chi connectivity index (χ3v) is 13.3. The van der Waals surface area contributed by atoms with Crippen LogP contribution in [0.15, 0.2) is 127 Å². The van der Waals surface area contributed by atoms with E-state index >= 15 is 0 Å². The summed E-state index contributed by atoms with van der Waals surface area (Å²) < 4.78 is 7.12. The molecule has 368 valence electrons. The van der Waals surface area contributed by atoms with E-state index in [0.717, 1.165) is 71.9 Å². The fourth-order valence-corrected chi connectivity index (χ4v) is 10.3. The topological polar surface area (TPSA) is 55.4 Å². The van der Waals surface area contributed by atoms with Crippen LogP contribution >= 0.6 is 0 Å². The van der Waals surface area contributed by atoms with Gasteiger partial charge in [0.15, 0.2) is 0 Å². The molecule has 0 aliphatic heterocycles. The Balaban J connectivity index is 1.23. The van der Waals surface area contributed by atoms with Gasteiger partial charge in [-0.3, -0.25) is 14.5 Å². The molecule has 3 aliphatic carbocycles. The Labute approximate surface area is 417 Å². The zero-order valence-electron chi connectivity index (χ0n) is 43.8. The van der Waals surface area contributed by atoms with Crippen molar-refractivity contribution in [1.82, 2.24) is 34.4 Å². The molecule has 0 spiro atoms. The molecular formula is C60H75N7O3. The first kappa shape index (κ1) is 49.4. The third-order valence-electron chi connectivity index (χ3n) is 13.3. The van der Waals surface area contributed by atoms with Crippen molar-refractivity contribution in [3.8, 4) is 33.8 Å². The van der Waals surface area contributed by atoms with Crippen molar-refractivity contribution >= 4 is 0 Å². The molecule has 3 aliphatic rings. The van der Waals surface area contributed by atoms with Gasteiger partial charge in [0.05, 0.1) is 36.4 Å². The van der Waals surface area contributed by atoms with Crippen LogP contribution in [0, 0.1) is 0 Å². The van der Waals surface area contributed by atoms with E-state index in [0.29, 0.717) is 19.6 Å². The van der Waals surface area contributed by atoms with Crippen LogP contribution < -0.4 is 0 Å². The lowest BCUT2D eigenvalue weighted by Gasteiger charge is -2.49. The van der Waals surface area contributed by atoms with Crippen LogP contribution in [0.25, 0.3) is 33.8 Å². The van der Waals surface area contributed by atoms with Crippen LogP contribution in [0.1, 0.15) is 113 Å². The van der Waals surface area contributed by atoms with Gasteiger partial charge in [-0.05, 0) is 138 Å². The van der Waals surface area contributed by atoms with Gasteiger partial charge in [-0.15, -0.1) is 0 Å². The Morgan fingerprint density at radius 2 is 0.643 bits per heavy atom. The molecule has 3 heterocycles. The summed E-state index contributed by atoms with van der Waals surface area (Å²) in [5.41, 5.74) is 16.5. The quantitative estimate of drug-likeness (QED) is 0.0751. The van der Waals surface area contributed by atoms with Gasteiger partial charge in [0, 0.05) is 91.3 Å². The summed E-state index contributed by atoms with van der Waals surface area (Å²) in [5, 5.41) is 7.90. The molecule has 0 saturated carbocycles. The summed E-state index contributed by atoms with van der Waals surface area (Å²) in [6.07, 6.45) is 19.3. The minimum Gasteiger partial charge on any atom is -0.347 e. The van der Waals surface area contributed by atoms with E-state index in [4.69, 9.17) is 14.5 Å². The van der Waals surface area contributed by atoms with Crippen LogP contribution in [0.5, 0.6) is 0 Å². The SMILES string of the molecule is Cn1c(-c2ccccc2CN(OC(C)(C)C)N(N(Cc2ccccc2-c2cc3c(n2C)CC=CC3)OC(C)(C)C)N(Cc2ccccc2-c2cc3c(n2C)CC=CC3)OC(C)(C)C)cc2c1CC=CC2. The largest absolute Gasteiger partial charge is 0.347 e. The van der Waals surface area contributed by atoms with E-state index in [2.05, 4.69) is 225 Å². The normalized spacial score (nSPS) is 14.9. The van der Waals surface area contributed by atoms with Crippen molar-refractivity contribution in [1.29, 1.82) is 0 Å². The average molecular weight is 942 g/mol. The van der Waals surface area contributed by atoms with Crippen LogP contribution in [-0.2, 0) is 93.8 Å². The predicted octanol–water partition coefficient (Wildman–Crippen LogP) is 12.7. The first-order chi connectivity index (χ1) is 33.3. The summed E-state index contributed by atoms with van der Waals surface area (Å²) in [4.78, 5) is 22.0. The Morgan fingerprint density at radius 1 is 0.386 bits per heavy atom. The number of benzene rings is 3. The maximum Gasteiger partial charge on any atom is 0.0833 e. The van der Waals surface area contributed by atoms with Crippen LogP contribution in [0.2, 0.25) is 0 Å². The number of fused-ring (bicyclic) bond motifs is 3.